The zero-order chi connectivity index (χ0) is 11.6. The topological polar surface area (TPSA) is 12.5 Å². The summed E-state index contributed by atoms with van der Waals surface area (Å²) in [4.78, 5) is 1.58. The van der Waals surface area contributed by atoms with Gasteiger partial charge in [-0.05, 0) is 20.2 Å². The van der Waals surface area contributed by atoms with Crippen LogP contribution in [0.2, 0.25) is 0 Å². The number of ether oxygens (including phenoxy) is 1. The highest BCUT2D eigenvalue weighted by Crippen LogP contribution is 2.29. The molecular formula is C10H12ClF2NO. The van der Waals surface area contributed by atoms with Crippen molar-refractivity contribution in [3.8, 4) is 5.75 Å². The van der Waals surface area contributed by atoms with Crippen LogP contribution in [0.25, 0.3) is 0 Å². The predicted molar refractivity (Wildman–Crippen MR) is 55.2 cm³/mol. The molecule has 2 nitrogen and oxygen atoms in total. The smallest absolute Gasteiger partial charge is 0.165 e. The molecule has 0 aliphatic carbocycles. The number of alkyl halides is 1. The van der Waals surface area contributed by atoms with E-state index in [4.69, 9.17) is 11.6 Å². The largest absolute Gasteiger partial charge is 0.494 e. The van der Waals surface area contributed by atoms with E-state index in [0.29, 0.717) is 0 Å². The summed E-state index contributed by atoms with van der Waals surface area (Å²) in [5.41, 5.74) is -0.606. The van der Waals surface area contributed by atoms with Gasteiger partial charge >= 0.3 is 0 Å². The van der Waals surface area contributed by atoms with Gasteiger partial charge in [-0.3, -0.25) is 4.90 Å². The molecule has 0 fully saturated rings. The third-order valence-corrected chi connectivity index (χ3v) is 2.61. The van der Waals surface area contributed by atoms with Gasteiger partial charge in [0.1, 0.15) is 11.3 Å². The minimum absolute atomic E-state index is 0.0972. The fourth-order valence-corrected chi connectivity index (χ4v) is 1.33. The Morgan fingerprint density at radius 1 is 1.27 bits per heavy atom. The second kappa shape index (κ2) is 4.77. The molecule has 1 rings (SSSR count). The van der Waals surface area contributed by atoms with Crippen molar-refractivity contribution in [3.63, 3.8) is 0 Å². The van der Waals surface area contributed by atoms with E-state index < -0.39 is 17.1 Å². The molecule has 0 heterocycles. The van der Waals surface area contributed by atoms with Crippen LogP contribution in [0, 0.1) is 11.6 Å². The van der Waals surface area contributed by atoms with E-state index in [0.717, 1.165) is 12.1 Å². The lowest BCUT2D eigenvalue weighted by molar-refractivity contribution is 0.362. The molecule has 15 heavy (non-hydrogen) atoms. The summed E-state index contributed by atoms with van der Waals surface area (Å²) in [6.07, 6.45) is 0. The first kappa shape index (κ1) is 12.2. The number of methoxy groups -OCH3 is 1. The van der Waals surface area contributed by atoms with Crippen molar-refractivity contribution in [2.45, 2.75) is 5.50 Å². The predicted octanol–water partition coefficient (Wildman–Crippen LogP) is 2.77. The maximum absolute atomic E-state index is 13.5. The molecule has 0 amide bonds. The molecule has 1 aromatic carbocycles. The summed E-state index contributed by atoms with van der Waals surface area (Å²) >= 11 is 5.89. The van der Waals surface area contributed by atoms with Crippen LogP contribution in [-0.4, -0.2) is 26.1 Å². The average Bonchev–Trinajstić information content (AvgIpc) is 2.19. The van der Waals surface area contributed by atoms with Crippen LogP contribution in [0.15, 0.2) is 12.1 Å². The molecule has 0 saturated carbocycles. The lowest BCUT2D eigenvalue weighted by Gasteiger charge is -2.18. The molecular weight excluding hydrogens is 224 g/mol. The van der Waals surface area contributed by atoms with Crippen molar-refractivity contribution >= 4 is 11.6 Å². The molecule has 84 valence electrons. The highest BCUT2D eigenvalue weighted by Gasteiger charge is 2.18. The molecule has 0 aliphatic heterocycles. The van der Waals surface area contributed by atoms with Crippen LogP contribution < -0.4 is 4.74 Å². The highest BCUT2D eigenvalue weighted by atomic mass is 35.5. The summed E-state index contributed by atoms with van der Waals surface area (Å²) in [6.45, 7) is 0. The second-order valence-corrected chi connectivity index (χ2v) is 3.72. The molecule has 0 spiro atoms. The Hall–Kier alpha value is -0.870. The van der Waals surface area contributed by atoms with Crippen LogP contribution in [0.5, 0.6) is 5.75 Å². The third kappa shape index (κ3) is 2.58. The fraction of sp³-hybridized carbons (Fsp3) is 0.400. The van der Waals surface area contributed by atoms with Gasteiger partial charge in [-0.25, -0.2) is 8.78 Å². The van der Waals surface area contributed by atoms with E-state index in [-0.39, 0.29) is 11.3 Å². The molecule has 0 radical (unpaired) electrons. The number of hydrogen-bond acceptors (Lipinski definition) is 2. The van der Waals surface area contributed by atoms with Crippen LogP contribution in [0.4, 0.5) is 8.78 Å². The number of benzene rings is 1. The van der Waals surface area contributed by atoms with Gasteiger partial charge in [0.25, 0.3) is 0 Å². The van der Waals surface area contributed by atoms with Gasteiger partial charge in [0.2, 0.25) is 0 Å². The maximum Gasteiger partial charge on any atom is 0.165 e. The van der Waals surface area contributed by atoms with E-state index in [2.05, 4.69) is 4.74 Å². The summed E-state index contributed by atoms with van der Waals surface area (Å²) in [5, 5.41) is 0. The van der Waals surface area contributed by atoms with Crippen molar-refractivity contribution in [2.24, 2.45) is 0 Å². The first-order valence-corrected chi connectivity index (χ1v) is 4.74. The van der Waals surface area contributed by atoms with E-state index in [1.54, 1.807) is 19.0 Å². The number of rotatable bonds is 3. The molecule has 0 bridgehead atoms. The van der Waals surface area contributed by atoms with Gasteiger partial charge in [-0.2, -0.15) is 0 Å². The maximum atomic E-state index is 13.5. The SMILES string of the molecule is COc1cc(F)c(C(Cl)N(C)C)cc1F. The Morgan fingerprint density at radius 3 is 2.33 bits per heavy atom. The second-order valence-electron chi connectivity index (χ2n) is 3.31. The average molecular weight is 236 g/mol. The normalized spacial score (nSPS) is 13.0. The van der Waals surface area contributed by atoms with Crippen molar-refractivity contribution in [2.75, 3.05) is 21.2 Å². The Labute approximate surface area is 92.4 Å². The van der Waals surface area contributed by atoms with Crippen molar-refractivity contribution < 1.29 is 13.5 Å². The van der Waals surface area contributed by atoms with Crippen LogP contribution in [0.1, 0.15) is 11.1 Å². The van der Waals surface area contributed by atoms with E-state index in [9.17, 15) is 8.78 Å². The molecule has 5 heteroatoms. The number of nitrogens with zero attached hydrogens (tertiary/aromatic N) is 1. The zero-order valence-corrected chi connectivity index (χ0v) is 9.48. The monoisotopic (exact) mass is 235 g/mol. The molecule has 0 aromatic heterocycles. The first-order valence-electron chi connectivity index (χ1n) is 4.30. The van der Waals surface area contributed by atoms with E-state index in [1.807, 2.05) is 0 Å². The van der Waals surface area contributed by atoms with Gasteiger partial charge in [-0.1, -0.05) is 0 Å². The highest BCUT2D eigenvalue weighted by molar-refractivity contribution is 6.20. The summed E-state index contributed by atoms with van der Waals surface area (Å²) < 4.78 is 31.4. The lowest BCUT2D eigenvalue weighted by atomic mass is 10.2. The Morgan fingerprint density at radius 2 is 1.87 bits per heavy atom. The lowest BCUT2D eigenvalue weighted by Crippen LogP contribution is -2.16. The van der Waals surface area contributed by atoms with Crippen LogP contribution in [-0.2, 0) is 0 Å². The molecule has 0 saturated heterocycles. The Bertz CT molecular complexity index is 358. The standard InChI is InChI=1S/C10H12ClF2NO/c1-14(2)10(11)6-4-8(13)9(15-3)5-7(6)12/h4-5,10H,1-3H3. The third-order valence-electron chi connectivity index (χ3n) is 1.98. The minimum atomic E-state index is -0.703. The van der Waals surface area contributed by atoms with Crippen molar-refractivity contribution in [1.29, 1.82) is 0 Å². The minimum Gasteiger partial charge on any atom is -0.494 e. The van der Waals surface area contributed by atoms with Gasteiger partial charge in [-0.15, -0.1) is 11.6 Å². The first-order chi connectivity index (χ1) is 6.97. The fourth-order valence-electron chi connectivity index (χ4n) is 1.16. The summed E-state index contributed by atoms with van der Waals surface area (Å²) in [5.74, 6) is -1.33. The Balaban J connectivity index is 3.15. The van der Waals surface area contributed by atoms with Gasteiger partial charge in [0, 0.05) is 11.6 Å². The molecule has 0 aliphatic rings. The zero-order valence-electron chi connectivity index (χ0n) is 8.72. The van der Waals surface area contributed by atoms with Crippen LogP contribution >= 0.6 is 11.6 Å². The van der Waals surface area contributed by atoms with Crippen molar-refractivity contribution in [1.82, 2.24) is 4.90 Å². The molecule has 1 unspecified atom stereocenters. The van der Waals surface area contributed by atoms with Gasteiger partial charge in [0.05, 0.1) is 7.11 Å². The Kier molecular flexibility index (Phi) is 3.88. The van der Waals surface area contributed by atoms with Crippen LogP contribution in [0.3, 0.4) is 0 Å². The number of halogens is 3. The quantitative estimate of drug-likeness (QED) is 0.590. The van der Waals surface area contributed by atoms with E-state index in [1.165, 1.54) is 7.11 Å². The van der Waals surface area contributed by atoms with E-state index >= 15 is 0 Å². The summed E-state index contributed by atoms with van der Waals surface area (Å²) in [7, 11) is 4.64. The molecule has 1 atom stereocenters. The molecule has 1 aromatic rings. The number of hydrogen-bond donors (Lipinski definition) is 0. The van der Waals surface area contributed by atoms with Crippen molar-refractivity contribution in [3.05, 3.63) is 29.3 Å². The molecule has 0 N–H and O–H groups in total. The summed E-state index contributed by atoms with van der Waals surface area (Å²) in [6, 6.07) is 2.04. The van der Waals surface area contributed by atoms with Gasteiger partial charge in [0.15, 0.2) is 11.6 Å². The van der Waals surface area contributed by atoms with Gasteiger partial charge < -0.3 is 4.74 Å².